The SMILES string of the molecule is CC(C)CNCc1ccc(Br)cc1N(C)Cc1ccco1. The van der Waals surface area contributed by atoms with E-state index >= 15 is 0 Å². The maximum atomic E-state index is 5.44. The fraction of sp³-hybridized carbons (Fsp3) is 0.412. The second kappa shape index (κ2) is 7.66. The lowest BCUT2D eigenvalue weighted by Gasteiger charge is -2.22. The van der Waals surface area contributed by atoms with Crippen LogP contribution in [0.4, 0.5) is 5.69 Å². The van der Waals surface area contributed by atoms with Gasteiger partial charge in [0.05, 0.1) is 12.8 Å². The maximum Gasteiger partial charge on any atom is 0.123 e. The van der Waals surface area contributed by atoms with Crippen molar-refractivity contribution in [2.45, 2.75) is 26.9 Å². The van der Waals surface area contributed by atoms with Crippen molar-refractivity contribution >= 4 is 21.6 Å². The van der Waals surface area contributed by atoms with E-state index < -0.39 is 0 Å². The van der Waals surface area contributed by atoms with E-state index in [2.05, 4.69) is 65.2 Å². The molecule has 0 bridgehead atoms. The minimum atomic E-state index is 0.657. The number of benzene rings is 1. The molecule has 2 rings (SSSR count). The second-order valence-electron chi connectivity index (χ2n) is 5.73. The van der Waals surface area contributed by atoms with Gasteiger partial charge < -0.3 is 14.6 Å². The van der Waals surface area contributed by atoms with Crippen LogP contribution < -0.4 is 10.2 Å². The third-order valence-corrected chi connectivity index (χ3v) is 3.79. The highest BCUT2D eigenvalue weighted by molar-refractivity contribution is 9.10. The third kappa shape index (κ3) is 4.90. The molecular formula is C17H23BrN2O. The quantitative estimate of drug-likeness (QED) is 0.800. The Hall–Kier alpha value is -1.26. The zero-order chi connectivity index (χ0) is 15.2. The lowest BCUT2D eigenvalue weighted by Crippen LogP contribution is -2.22. The van der Waals surface area contributed by atoms with Gasteiger partial charge in [-0.15, -0.1) is 0 Å². The Morgan fingerprint density at radius 1 is 1.29 bits per heavy atom. The van der Waals surface area contributed by atoms with Gasteiger partial charge in [0.15, 0.2) is 0 Å². The van der Waals surface area contributed by atoms with Gasteiger partial charge in [0.25, 0.3) is 0 Å². The number of furan rings is 1. The Bertz CT molecular complexity index is 552. The molecule has 0 saturated heterocycles. The van der Waals surface area contributed by atoms with Crippen molar-refractivity contribution in [3.05, 3.63) is 52.4 Å². The van der Waals surface area contributed by atoms with Crippen molar-refractivity contribution in [2.24, 2.45) is 5.92 Å². The van der Waals surface area contributed by atoms with Crippen molar-refractivity contribution in [3.63, 3.8) is 0 Å². The first-order chi connectivity index (χ1) is 10.1. The lowest BCUT2D eigenvalue weighted by molar-refractivity contribution is 0.507. The first kappa shape index (κ1) is 16.1. The van der Waals surface area contributed by atoms with Crippen LogP contribution in [0.5, 0.6) is 0 Å². The molecule has 0 saturated carbocycles. The highest BCUT2D eigenvalue weighted by Crippen LogP contribution is 2.25. The molecular weight excluding hydrogens is 328 g/mol. The molecule has 1 N–H and O–H groups in total. The smallest absolute Gasteiger partial charge is 0.123 e. The predicted octanol–water partition coefficient (Wildman–Crippen LogP) is 4.42. The molecule has 2 aromatic rings. The van der Waals surface area contributed by atoms with Crippen molar-refractivity contribution in [1.29, 1.82) is 0 Å². The number of hydrogen-bond acceptors (Lipinski definition) is 3. The number of nitrogens with one attached hydrogen (secondary N) is 1. The number of halogens is 1. The van der Waals surface area contributed by atoms with Crippen molar-refractivity contribution in [2.75, 3.05) is 18.5 Å². The lowest BCUT2D eigenvalue weighted by atomic mass is 10.1. The van der Waals surface area contributed by atoms with Crippen LogP contribution in [0, 0.1) is 5.92 Å². The Kier molecular flexibility index (Phi) is 5.88. The van der Waals surface area contributed by atoms with Crippen LogP contribution >= 0.6 is 15.9 Å². The van der Waals surface area contributed by atoms with Gasteiger partial charge in [0.1, 0.15) is 5.76 Å². The van der Waals surface area contributed by atoms with Gasteiger partial charge in [-0.1, -0.05) is 35.8 Å². The van der Waals surface area contributed by atoms with Gasteiger partial charge in [-0.2, -0.15) is 0 Å². The average molecular weight is 351 g/mol. The molecule has 0 aliphatic rings. The van der Waals surface area contributed by atoms with Crippen molar-refractivity contribution < 1.29 is 4.42 Å². The Morgan fingerprint density at radius 2 is 2.10 bits per heavy atom. The van der Waals surface area contributed by atoms with Gasteiger partial charge in [-0.3, -0.25) is 0 Å². The van der Waals surface area contributed by atoms with Crippen LogP contribution in [0.15, 0.2) is 45.5 Å². The molecule has 0 aliphatic heterocycles. The van der Waals surface area contributed by atoms with E-state index in [1.54, 1.807) is 6.26 Å². The summed E-state index contributed by atoms with van der Waals surface area (Å²) >= 11 is 3.56. The van der Waals surface area contributed by atoms with E-state index in [9.17, 15) is 0 Å². The highest BCUT2D eigenvalue weighted by atomic mass is 79.9. The fourth-order valence-corrected chi connectivity index (χ4v) is 2.61. The van der Waals surface area contributed by atoms with Crippen molar-refractivity contribution in [3.8, 4) is 0 Å². The summed E-state index contributed by atoms with van der Waals surface area (Å²) in [4.78, 5) is 2.22. The topological polar surface area (TPSA) is 28.4 Å². The second-order valence-corrected chi connectivity index (χ2v) is 6.65. The maximum absolute atomic E-state index is 5.44. The molecule has 0 atom stereocenters. The Labute approximate surface area is 135 Å². The largest absolute Gasteiger partial charge is 0.467 e. The summed E-state index contributed by atoms with van der Waals surface area (Å²) < 4.78 is 6.53. The van der Waals surface area contributed by atoms with E-state index in [4.69, 9.17) is 4.42 Å². The van der Waals surface area contributed by atoms with Gasteiger partial charge in [-0.05, 0) is 42.3 Å². The Morgan fingerprint density at radius 3 is 2.76 bits per heavy atom. The zero-order valence-electron chi connectivity index (χ0n) is 12.9. The minimum Gasteiger partial charge on any atom is -0.467 e. The van der Waals surface area contributed by atoms with E-state index in [1.807, 2.05) is 12.1 Å². The van der Waals surface area contributed by atoms with Crippen LogP contribution in [-0.4, -0.2) is 13.6 Å². The monoisotopic (exact) mass is 350 g/mol. The van der Waals surface area contributed by atoms with E-state index in [-0.39, 0.29) is 0 Å². The number of nitrogens with zero attached hydrogens (tertiary/aromatic N) is 1. The van der Waals surface area contributed by atoms with Crippen LogP contribution in [0.25, 0.3) is 0 Å². The molecule has 0 fully saturated rings. The van der Waals surface area contributed by atoms with Crippen LogP contribution in [0.2, 0.25) is 0 Å². The summed E-state index contributed by atoms with van der Waals surface area (Å²) in [6, 6.07) is 10.4. The van der Waals surface area contributed by atoms with Gasteiger partial charge in [0.2, 0.25) is 0 Å². The molecule has 3 nitrogen and oxygen atoms in total. The van der Waals surface area contributed by atoms with Gasteiger partial charge in [0, 0.05) is 23.8 Å². The number of rotatable bonds is 7. The van der Waals surface area contributed by atoms with Gasteiger partial charge in [-0.25, -0.2) is 0 Å². The summed E-state index contributed by atoms with van der Waals surface area (Å²) in [7, 11) is 2.09. The molecule has 0 radical (unpaired) electrons. The molecule has 1 aromatic heterocycles. The molecule has 0 unspecified atom stereocenters. The van der Waals surface area contributed by atoms with Crippen LogP contribution in [-0.2, 0) is 13.1 Å². The van der Waals surface area contributed by atoms with Crippen LogP contribution in [0.1, 0.15) is 25.2 Å². The summed E-state index contributed by atoms with van der Waals surface area (Å²) in [5.41, 5.74) is 2.52. The van der Waals surface area contributed by atoms with Gasteiger partial charge >= 0.3 is 0 Å². The molecule has 4 heteroatoms. The summed E-state index contributed by atoms with van der Waals surface area (Å²) in [6.45, 7) is 7.11. The molecule has 1 heterocycles. The van der Waals surface area contributed by atoms with Crippen molar-refractivity contribution in [1.82, 2.24) is 5.32 Å². The zero-order valence-corrected chi connectivity index (χ0v) is 14.5. The molecule has 114 valence electrons. The van der Waals surface area contributed by atoms with Crippen LogP contribution in [0.3, 0.4) is 0 Å². The van der Waals surface area contributed by atoms with E-state index in [0.717, 1.165) is 29.9 Å². The Balaban J connectivity index is 2.10. The summed E-state index contributed by atoms with van der Waals surface area (Å²) in [5, 5.41) is 3.51. The van der Waals surface area contributed by atoms with E-state index in [1.165, 1.54) is 11.3 Å². The molecule has 0 aliphatic carbocycles. The first-order valence-corrected chi connectivity index (χ1v) is 8.08. The molecule has 0 spiro atoms. The summed E-state index contributed by atoms with van der Waals surface area (Å²) in [5.74, 6) is 1.63. The average Bonchev–Trinajstić information content (AvgIpc) is 2.92. The normalized spacial score (nSPS) is 11.1. The summed E-state index contributed by atoms with van der Waals surface area (Å²) in [6.07, 6.45) is 1.72. The molecule has 21 heavy (non-hydrogen) atoms. The third-order valence-electron chi connectivity index (χ3n) is 3.30. The fourth-order valence-electron chi connectivity index (χ4n) is 2.26. The highest BCUT2D eigenvalue weighted by Gasteiger charge is 2.10. The van der Waals surface area contributed by atoms with E-state index in [0.29, 0.717) is 5.92 Å². The molecule has 1 aromatic carbocycles. The standard InChI is InChI=1S/C17H23BrN2O/c1-13(2)10-19-11-14-6-7-15(18)9-17(14)20(3)12-16-5-4-8-21-16/h4-9,13,19H,10-12H2,1-3H3. The molecule has 0 amide bonds. The predicted molar refractivity (Wildman–Crippen MR) is 91.5 cm³/mol. The number of anilines is 1. The first-order valence-electron chi connectivity index (χ1n) is 7.29. The number of hydrogen-bond donors (Lipinski definition) is 1. The minimum absolute atomic E-state index is 0.657.